The van der Waals surface area contributed by atoms with Crippen molar-refractivity contribution >= 4 is 17.4 Å². The number of aliphatic hydroxyl groups excluding tert-OH is 1. The van der Waals surface area contributed by atoms with E-state index < -0.39 is 18.1 Å². The molecule has 0 bridgehead atoms. The summed E-state index contributed by atoms with van der Waals surface area (Å²) >= 11 is 5.60. The van der Waals surface area contributed by atoms with E-state index >= 15 is 0 Å². The third-order valence-corrected chi connectivity index (χ3v) is 3.37. The van der Waals surface area contributed by atoms with E-state index in [-0.39, 0.29) is 23.4 Å². The topological polar surface area (TPSA) is 49.2 Å². The maximum atomic E-state index is 12.6. The zero-order chi connectivity index (χ0) is 14.2. The lowest BCUT2D eigenvalue weighted by atomic mass is 9.96. The van der Waals surface area contributed by atoms with Crippen LogP contribution in [-0.2, 0) is 6.18 Å². The van der Waals surface area contributed by atoms with Crippen LogP contribution in [0.5, 0.6) is 0 Å². The van der Waals surface area contributed by atoms with Crippen LogP contribution in [0.25, 0.3) is 0 Å². The third-order valence-electron chi connectivity index (χ3n) is 3.18. The van der Waals surface area contributed by atoms with Crippen molar-refractivity contribution in [3.05, 3.63) is 17.0 Å². The van der Waals surface area contributed by atoms with E-state index in [9.17, 15) is 18.3 Å². The van der Waals surface area contributed by atoms with Crippen molar-refractivity contribution in [3.63, 3.8) is 0 Å². The van der Waals surface area contributed by atoms with Gasteiger partial charge in [-0.1, -0.05) is 18.5 Å². The minimum atomic E-state index is -4.64. The van der Waals surface area contributed by atoms with Crippen molar-refractivity contribution in [3.8, 4) is 0 Å². The molecule has 0 aliphatic carbocycles. The van der Waals surface area contributed by atoms with Crippen LogP contribution >= 0.6 is 11.6 Å². The molecular weight excluding hydrogens is 283 g/mol. The summed E-state index contributed by atoms with van der Waals surface area (Å²) < 4.78 is 37.8. The molecule has 2 unspecified atom stereocenters. The lowest BCUT2D eigenvalue weighted by Gasteiger charge is -2.35. The van der Waals surface area contributed by atoms with Crippen LogP contribution in [0.4, 0.5) is 19.0 Å². The zero-order valence-corrected chi connectivity index (χ0v) is 10.9. The number of aliphatic hydroxyl groups is 1. The van der Waals surface area contributed by atoms with Gasteiger partial charge in [0.25, 0.3) is 0 Å². The fourth-order valence-corrected chi connectivity index (χ4v) is 2.13. The molecule has 8 heteroatoms. The summed E-state index contributed by atoms with van der Waals surface area (Å²) in [4.78, 5) is 8.25. The smallest absolute Gasteiger partial charge is 0.391 e. The summed E-state index contributed by atoms with van der Waals surface area (Å²) in [5.74, 6) is -1.04. The molecule has 19 heavy (non-hydrogen) atoms. The quantitative estimate of drug-likeness (QED) is 0.808. The Balaban J connectivity index is 2.28. The molecule has 0 aromatic carbocycles. The zero-order valence-electron chi connectivity index (χ0n) is 10.2. The second kappa shape index (κ2) is 5.13. The number of aromatic nitrogens is 2. The summed E-state index contributed by atoms with van der Waals surface area (Å²) in [6, 6.07) is 1.28. The lowest BCUT2D eigenvalue weighted by Crippen LogP contribution is -2.43. The summed E-state index contributed by atoms with van der Waals surface area (Å²) in [5, 5.41) is 9.51. The van der Waals surface area contributed by atoms with Gasteiger partial charge in [-0.15, -0.1) is 0 Å². The predicted octanol–water partition coefficient (Wildman–Crippen LogP) is 2.36. The Morgan fingerprint density at radius 2 is 2.11 bits per heavy atom. The number of hydrogen-bond donors (Lipinski definition) is 1. The van der Waals surface area contributed by atoms with Crippen molar-refractivity contribution in [2.45, 2.75) is 25.6 Å². The van der Waals surface area contributed by atoms with Crippen LogP contribution in [0.1, 0.15) is 19.2 Å². The molecule has 4 nitrogen and oxygen atoms in total. The van der Waals surface area contributed by atoms with Gasteiger partial charge in [-0.25, -0.2) is 9.97 Å². The number of alkyl halides is 3. The molecule has 1 aromatic heterocycles. The van der Waals surface area contributed by atoms with Crippen LogP contribution in [0.15, 0.2) is 6.07 Å². The molecule has 2 rings (SSSR count). The fraction of sp³-hybridized carbons (Fsp3) is 0.636. The molecule has 1 aromatic rings. The van der Waals surface area contributed by atoms with Gasteiger partial charge in [0.2, 0.25) is 5.82 Å². The average Bonchev–Trinajstić information content (AvgIpc) is 2.31. The second-order valence-electron chi connectivity index (χ2n) is 4.65. The number of β-amino-alcohol motifs (C(OH)–C–C–N with tert-alkyl or cyclic N) is 1. The average molecular weight is 296 g/mol. The van der Waals surface area contributed by atoms with Crippen molar-refractivity contribution in [2.24, 2.45) is 5.92 Å². The monoisotopic (exact) mass is 295 g/mol. The van der Waals surface area contributed by atoms with Crippen LogP contribution in [0.3, 0.4) is 0 Å². The standard InChI is InChI=1S/C11H13ClF3N3O/c1-6-2-3-18(5-7(6)19)9-4-8(12)16-10(17-9)11(13,14)15/h4,6-7,19H,2-3,5H2,1H3. The Morgan fingerprint density at radius 3 is 2.68 bits per heavy atom. The van der Waals surface area contributed by atoms with Gasteiger partial charge in [-0.2, -0.15) is 13.2 Å². The van der Waals surface area contributed by atoms with E-state index in [0.29, 0.717) is 13.0 Å². The Hall–Kier alpha value is -1.08. The molecule has 1 aliphatic heterocycles. The molecule has 1 saturated heterocycles. The number of piperidine rings is 1. The number of rotatable bonds is 1. The number of anilines is 1. The first-order valence-electron chi connectivity index (χ1n) is 5.82. The van der Waals surface area contributed by atoms with Crippen LogP contribution in [-0.4, -0.2) is 34.3 Å². The Morgan fingerprint density at radius 1 is 1.42 bits per heavy atom. The van der Waals surface area contributed by atoms with Gasteiger partial charge in [-0.05, 0) is 12.3 Å². The third kappa shape index (κ3) is 3.27. The molecule has 0 radical (unpaired) electrons. The largest absolute Gasteiger partial charge is 0.451 e. The molecule has 0 spiro atoms. The second-order valence-corrected chi connectivity index (χ2v) is 5.04. The van der Waals surface area contributed by atoms with E-state index in [4.69, 9.17) is 11.6 Å². The first kappa shape index (κ1) is 14.3. The van der Waals surface area contributed by atoms with E-state index in [1.807, 2.05) is 6.92 Å². The molecule has 106 valence electrons. The van der Waals surface area contributed by atoms with Crippen molar-refractivity contribution in [1.82, 2.24) is 9.97 Å². The summed E-state index contributed by atoms with van der Waals surface area (Å²) in [7, 11) is 0. The van der Waals surface area contributed by atoms with E-state index in [0.717, 1.165) is 0 Å². The number of halogens is 4. The predicted molar refractivity (Wildman–Crippen MR) is 64.0 cm³/mol. The van der Waals surface area contributed by atoms with Crippen LogP contribution < -0.4 is 4.90 Å². The van der Waals surface area contributed by atoms with Gasteiger partial charge in [0.1, 0.15) is 11.0 Å². The van der Waals surface area contributed by atoms with E-state index in [1.165, 1.54) is 6.07 Å². The Kier molecular flexibility index (Phi) is 3.87. The number of hydrogen-bond acceptors (Lipinski definition) is 4. The highest BCUT2D eigenvalue weighted by Crippen LogP contribution is 2.30. The van der Waals surface area contributed by atoms with E-state index in [2.05, 4.69) is 9.97 Å². The maximum Gasteiger partial charge on any atom is 0.451 e. The summed E-state index contributed by atoms with van der Waals surface area (Å²) in [5.41, 5.74) is 0. The molecule has 2 atom stereocenters. The minimum absolute atomic E-state index is 0.0956. The Bertz CT molecular complexity index is 469. The normalized spacial score (nSPS) is 24.6. The fourth-order valence-electron chi connectivity index (χ4n) is 1.95. The highest BCUT2D eigenvalue weighted by molar-refractivity contribution is 6.29. The van der Waals surface area contributed by atoms with Gasteiger partial charge in [-0.3, -0.25) is 0 Å². The first-order chi connectivity index (χ1) is 8.77. The van der Waals surface area contributed by atoms with Crippen LogP contribution in [0, 0.1) is 5.92 Å². The Labute approximate surface area is 113 Å². The molecule has 0 saturated carbocycles. The summed E-state index contributed by atoms with van der Waals surface area (Å²) in [6.07, 6.45) is -4.54. The molecular formula is C11H13ClF3N3O. The highest BCUT2D eigenvalue weighted by Gasteiger charge is 2.36. The van der Waals surface area contributed by atoms with Gasteiger partial charge in [0, 0.05) is 19.2 Å². The maximum absolute atomic E-state index is 12.6. The minimum Gasteiger partial charge on any atom is -0.391 e. The van der Waals surface area contributed by atoms with Gasteiger partial charge in [0.15, 0.2) is 0 Å². The van der Waals surface area contributed by atoms with E-state index in [1.54, 1.807) is 4.90 Å². The molecule has 1 fully saturated rings. The first-order valence-corrected chi connectivity index (χ1v) is 6.20. The molecule has 1 N–H and O–H groups in total. The molecule has 1 aliphatic rings. The van der Waals surface area contributed by atoms with Crippen LogP contribution in [0.2, 0.25) is 5.15 Å². The molecule has 0 amide bonds. The van der Waals surface area contributed by atoms with Gasteiger partial charge < -0.3 is 10.0 Å². The molecule has 2 heterocycles. The SMILES string of the molecule is CC1CCN(c2cc(Cl)nc(C(F)(F)F)n2)CC1O. The number of nitrogens with zero attached hydrogens (tertiary/aromatic N) is 3. The van der Waals surface area contributed by atoms with Crippen molar-refractivity contribution in [1.29, 1.82) is 0 Å². The van der Waals surface area contributed by atoms with Gasteiger partial charge >= 0.3 is 6.18 Å². The van der Waals surface area contributed by atoms with Crippen molar-refractivity contribution in [2.75, 3.05) is 18.0 Å². The van der Waals surface area contributed by atoms with Crippen molar-refractivity contribution < 1.29 is 18.3 Å². The summed E-state index contributed by atoms with van der Waals surface area (Å²) in [6.45, 7) is 2.67. The lowest BCUT2D eigenvalue weighted by molar-refractivity contribution is -0.144. The highest BCUT2D eigenvalue weighted by atomic mass is 35.5. The van der Waals surface area contributed by atoms with Gasteiger partial charge in [0.05, 0.1) is 6.10 Å².